The zero-order chi connectivity index (χ0) is 21.3. The van der Waals surface area contributed by atoms with Crippen molar-refractivity contribution >= 4 is 20.0 Å². The summed E-state index contributed by atoms with van der Waals surface area (Å²) in [6, 6.07) is 10.3. The zero-order valence-electron chi connectivity index (χ0n) is 17.2. The van der Waals surface area contributed by atoms with E-state index < -0.39 is 20.0 Å². The predicted octanol–water partition coefficient (Wildman–Crippen LogP) is 3.56. The van der Waals surface area contributed by atoms with Gasteiger partial charge in [-0.25, -0.2) is 16.8 Å². The predicted molar refractivity (Wildman–Crippen MR) is 111 cm³/mol. The first-order valence-electron chi connectivity index (χ1n) is 9.16. The van der Waals surface area contributed by atoms with E-state index in [4.69, 9.17) is 0 Å². The Bertz CT molecular complexity index is 990. The minimum atomic E-state index is -4.05. The molecular weight excluding hydrogens is 396 g/mol. The largest absolute Gasteiger partial charge is 0.257 e. The molecule has 0 aliphatic heterocycles. The van der Waals surface area contributed by atoms with E-state index >= 15 is 0 Å². The molecule has 0 radical (unpaired) electrons. The van der Waals surface area contributed by atoms with Crippen LogP contribution in [0.3, 0.4) is 0 Å². The number of aryl methyl sites for hydroxylation is 4. The monoisotopic (exact) mass is 424 g/mol. The van der Waals surface area contributed by atoms with E-state index in [-0.39, 0.29) is 22.9 Å². The number of benzene rings is 2. The van der Waals surface area contributed by atoms with Crippen molar-refractivity contribution in [1.29, 1.82) is 0 Å². The highest BCUT2D eigenvalue weighted by molar-refractivity contribution is 7.92. The molecule has 0 saturated heterocycles. The summed E-state index contributed by atoms with van der Waals surface area (Å²) in [5.74, 6) is 0. The third-order valence-electron chi connectivity index (χ3n) is 4.59. The normalized spacial score (nSPS) is 12.7. The second kappa shape index (κ2) is 8.32. The van der Waals surface area contributed by atoms with E-state index in [0.29, 0.717) is 11.1 Å². The van der Waals surface area contributed by atoms with Gasteiger partial charge in [0, 0.05) is 13.1 Å². The van der Waals surface area contributed by atoms with Gasteiger partial charge in [-0.15, -0.1) is 8.83 Å². The molecule has 2 aromatic carbocycles. The summed E-state index contributed by atoms with van der Waals surface area (Å²) in [4.78, 5) is 0.230. The van der Waals surface area contributed by atoms with Gasteiger partial charge in [0.25, 0.3) is 20.0 Å². The summed E-state index contributed by atoms with van der Waals surface area (Å²) in [7, 11) is -8.10. The fourth-order valence-corrected chi connectivity index (χ4v) is 7.08. The molecule has 0 aliphatic carbocycles. The maximum absolute atomic E-state index is 13.4. The Balaban J connectivity index is 2.65. The van der Waals surface area contributed by atoms with Crippen LogP contribution in [0.4, 0.5) is 0 Å². The van der Waals surface area contributed by atoms with Crippen LogP contribution in [0.1, 0.15) is 36.1 Å². The van der Waals surface area contributed by atoms with Gasteiger partial charge in [-0.2, -0.15) is 0 Å². The third-order valence-corrected chi connectivity index (χ3v) is 8.70. The summed E-state index contributed by atoms with van der Waals surface area (Å²) in [6.45, 7) is 10.3. The highest BCUT2D eigenvalue weighted by Gasteiger charge is 2.37. The Morgan fingerprint density at radius 2 is 0.964 bits per heavy atom. The van der Waals surface area contributed by atoms with Crippen LogP contribution in [0.25, 0.3) is 0 Å². The molecule has 154 valence electrons. The molecular formula is C20H28N2O4S2. The van der Waals surface area contributed by atoms with Gasteiger partial charge in [-0.3, -0.25) is 0 Å². The summed E-state index contributed by atoms with van der Waals surface area (Å²) >= 11 is 0. The second-order valence-corrected chi connectivity index (χ2v) is 10.4. The van der Waals surface area contributed by atoms with Crippen LogP contribution in [0.5, 0.6) is 0 Å². The molecule has 0 unspecified atom stereocenters. The Hall–Kier alpha value is -1.74. The molecule has 0 aliphatic rings. The summed E-state index contributed by atoms with van der Waals surface area (Å²) < 4.78 is 55.4. The standard InChI is InChI=1S/C20H28N2O4S2/c1-7-21(27(23,24)19-13-15(3)9-11-17(19)5)22(8-2)28(25,26)20-14-16(4)10-12-18(20)6/h9-14H,7-8H2,1-6H3. The van der Waals surface area contributed by atoms with Crippen molar-refractivity contribution in [2.75, 3.05) is 13.1 Å². The zero-order valence-corrected chi connectivity index (χ0v) is 18.9. The first kappa shape index (κ1) is 22.5. The molecule has 6 nitrogen and oxygen atoms in total. The quantitative estimate of drug-likeness (QED) is 0.637. The molecule has 0 saturated carbocycles. The summed E-state index contributed by atoms with van der Waals surface area (Å²) in [6.07, 6.45) is 0. The molecule has 0 N–H and O–H groups in total. The third kappa shape index (κ3) is 4.15. The van der Waals surface area contributed by atoms with Crippen LogP contribution in [-0.2, 0) is 20.0 Å². The van der Waals surface area contributed by atoms with E-state index in [0.717, 1.165) is 20.0 Å². The highest BCUT2D eigenvalue weighted by atomic mass is 32.2. The van der Waals surface area contributed by atoms with Crippen LogP contribution < -0.4 is 0 Å². The van der Waals surface area contributed by atoms with Crippen molar-refractivity contribution in [3.05, 3.63) is 58.7 Å². The van der Waals surface area contributed by atoms with Gasteiger partial charge >= 0.3 is 0 Å². The Labute approximate surface area is 168 Å². The van der Waals surface area contributed by atoms with Crippen LogP contribution in [0.15, 0.2) is 46.2 Å². The number of hydrogen-bond acceptors (Lipinski definition) is 4. The van der Waals surface area contributed by atoms with E-state index in [1.54, 1.807) is 65.8 Å². The highest BCUT2D eigenvalue weighted by Crippen LogP contribution is 2.28. The molecule has 0 aromatic heterocycles. The molecule has 0 atom stereocenters. The second-order valence-electron chi connectivity index (χ2n) is 6.82. The van der Waals surface area contributed by atoms with Crippen molar-refractivity contribution in [1.82, 2.24) is 8.83 Å². The molecule has 2 rings (SSSR count). The first-order valence-corrected chi connectivity index (χ1v) is 12.0. The fourth-order valence-electron chi connectivity index (χ4n) is 3.09. The number of sulfonamides is 2. The van der Waals surface area contributed by atoms with Crippen LogP contribution in [-0.4, -0.2) is 38.8 Å². The number of nitrogens with zero attached hydrogens (tertiary/aromatic N) is 2. The maximum Gasteiger partial charge on any atom is 0.257 e. The van der Waals surface area contributed by atoms with E-state index in [1.807, 2.05) is 12.1 Å². The van der Waals surface area contributed by atoms with Gasteiger partial charge in [0.1, 0.15) is 0 Å². The Kier molecular flexibility index (Phi) is 6.70. The van der Waals surface area contributed by atoms with Gasteiger partial charge in [-0.05, 0) is 75.9 Å². The minimum Gasteiger partial charge on any atom is -0.206 e. The average Bonchev–Trinajstić information content (AvgIpc) is 2.62. The number of rotatable bonds is 7. The molecule has 8 heteroatoms. The maximum atomic E-state index is 13.4. The molecule has 0 fully saturated rings. The van der Waals surface area contributed by atoms with Gasteiger partial charge in [0.15, 0.2) is 0 Å². The number of hydrazine groups is 1. The summed E-state index contributed by atoms with van der Waals surface area (Å²) in [5, 5.41) is 0. The first-order chi connectivity index (χ1) is 13.0. The van der Waals surface area contributed by atoms with E-state index in [1.165, 1.54) is 0 Å². The average molecular weight is 425 g/mol. The van der Waals surface area contributed by atoms with Crippen molar-refractivity contribution in [2.24, 2.45) is 0 Å². The lowest BCUT2D eigenvalue weighted by Crippen LogP contribution is -2.49. The van der Waals surface area contributed by atoms with Crippen molar-refractivity contribution < 1.29 is 16.8 Å². The van der Waals surface area contributed by atoms with Crippen molar-refractivity contribution in [3.8, 4) is 0 Å². The van der Waals surface area contributed by atoms with Crippen LogP contribution in [0, 0.1) is 27.7 Å². The lowest BCUT2D eigenvalue weighted by atomic mass is 10.2. The molecule has 0 bridgehead atoms. The SMILES string of the molecule is CCN(N(CC)S(=O)(=O)c1cc(C)ccc1C)S(=O)(=O)c1cc(C)ccc1C. The van der Waals surface area contributed by atoms with E-state index in [9.17, 15) is 16.8 Å². The molecule has 0 spiro atoms. The van der Waals surface area contributed by atoms with Gasteiger partial charge in [0.05, 0.1) is 9.79 Å². The summed E-state index contributed by atoms with van der Waals surface area (Å²) in [5.41, 5.74) is 2.73. The van der Waals surface area contributed by atoms with Crippen LogP contribution in [0.2, 0.25) is 0 Å². The molecule has 2 aromatic rings. The van der Waals surface area contributed by atoms with Crippen LogP contribution >= 0.6 is 0 Å². The lowest BCUT2D eigenvalue weighted by molar-refractivity contribution is 0.176. The fraction of sp³-hybridized carbons (Fsp3) is 0.400. The van der Waals surface area contributed by atoms with Crippen molar-refractivity contribution in [3.63, 3.8) is 0 Å². The Morgan fingerprint density at radius 1 is 0.643 bits per heavy atom. The lowest BCUT2D eigenvalue weighted by Gasteiger charge is -2.32. The van der Waals surface area contributed by atoms with E-state index in [2.05, 4.69) is 0 Å². The van der Waals surface area contributed by atoms with Crippen molar-refractivity contribution in [2.45, 2.75) is 51.3 Å². The number of hydrogen-bond donors (Lipinski definition) is 0. The minimum absolute atomic E-state index is 0.00630. The smallest absolute Gasteiger partial charge is 0.206 e. The van der Waals surface area contributed by atoms with Gasteiger partial charge in [-0.1, -0.05) is 24.3 Å². The van der Waals surface area contributed by atoms with Gasteiger partial charge < -0.3 is 0 Å². The Morgan fingerprint density at radius 3 is 1.25 bits per heavy atom. The molecule has 28 heavy (non-hydrogen) atoms. The molecule has 0 amide bonds. The topological polar surface area (TPSA) is 74.8 Å². The molecule has 0 heterocycles. The van der Waals surface area contributed by atoms with Gasteiger partial charge in [0.2, 0.25) is 0 Å².